The van der Waals surface area contributed by atoms with E-state index in [0.717, 1.165) is 17.0 Å². The smallest absolute Gasteiger partial charge is 0.139 e. The van der Waals surface area contributed by atoms with Crippen molar-refractivity contribution >= 4 is 0 Å². The highest BCUT2D eigenvalue weighted by Crippen LogP contribution is 2.18. The van der Waals surface area contributed by atoms with Gasteiger partial charge in [-0.05, 0) is 23.8 Å². The van der Waals surface area contributed by atoms with Crippen LogP contribution in [0.4, 0.5) is 0 Å². The van der Waals surface area contributed by atoms with E-state index in [1.807, 2.05) is 12.1 Å². The maximum absolute atomic E-state index is 5.44. The van der Waals surface area contributed by atoms with Crippen LogP contribution >= 0.6 is 0 Å². The van der Waals surface area contributed by atoms with Crippen molar-refractivity contribution in [3.8, 4) is 11.3 Å². The maximum Gasteiger partial charge on any atom is 0.139 e. The summed E-state index contributed by atoms with van der Waals surface area (Å²) in [5.41, 5.74) is 7.85. The molecule has 2 aromatic heterocycles. The van der Waals surface area contributed by atoms with Crippen LogP contribution in [0.25, 0.3) is 11.3 Å². The van der Waals surface area contributed by atoms with Gasteiger partial charge in [-0.1, -0.05) is 5.16 Å². The van der Waals surface area contributed by atoms with Crippen LogP contribution in [0.3, 0.4) is 0 Å². The third kappa shape index (κ3) is 1.62. The molecule has 0 fully saturated rings. The quantitative estimate of drug-likeness (QED) is 0.768. The van der Waals surface area contributed by atoms with Crippen LogP contribution in [0.15, 0.2) is 29.2 Å². The molecule has 0 radical (unpaired) electrons. The highest BCUT2D eigenvalue weighted by atomic mass is 16.6. The van der Waals surface area contributed by atoms with E-state index in [0.29, 0.717) is 13.0 Å². The fourth-order valence-electron chi connectivity index (χ4n) is 1.23. The van der Waals surface area contributed by atoms with E-state index >= 15 is 0 Å². The lowest BCUT2D eigenvalue weighted by Crippen LogP contribution is -2.04. The summed E-state index contributed by atoms with van der Waals surface area (Å²) in [7, 11) is 0. The monoisotopic (exact) mass is 190 g/mol. The summed E-state index contributed by atoms with van der Waals surface area (Å²) in [4.78, 5) is 4.00. The van der Waals surface area contributed by atoms with Crippen molar-refractivity contribution < 1.29 is 4.63 Å². The minimum absolute atomic E-state index is 0.529. The second-order valence-electron chi connectivity index (χ2n) is 2.84. The summed E-state index contributed by atoms with van der Waals surface area (Å²) in [5, 5.41) is 7.61. The van der Waals surface area contributed by atoms with Gasteiger partial charge in [0.1, 0.15) is 11.4 Å². The summed E-state index contributed by atoms with van der Waals surface area (Å²) < 4.78 is 4.67. The van der Waals surface area contributed by atoms with Crippen LogP contribution in [-0.4, -0.2) is 21.8 Å². The summed E-state index contributed by atoms with van der Waals surface area (Å²) >= 11 is 0. The van der Waals surface area contributed by atoms with E-state index in [4.69, 9.17) is 5.73 Å². The molecule has 0 saturated heterocycles. The lowest BCUT2D eigenvalue weighted by molar-refractivity contribution is 0.304. The average molecular weight is 190 g/mol. The highest BCUT2D eigenvalue weighted by Gasteiger charge is 2.10. The number of nitrogens with zero attached hydrogens (tertiary/aromatic N) is 3. The maximum atomic E-state index is 5.44. The van der Waals surface area contributed by atoms with Gasteiger partial charge in [-0.2, -0.15) is 0 Å². The lowest BCUT2D eigenvalue weighted by Gasteiger charge is -1.96. The van der Waals surface area contributed by atoms with E-state index < -0.39 is 0 Å². The normalized spacial score (nSPS) is 10.4. The van der Waals surface area contributed by atoms with Crippen LogP contribution in [-0.2, 0) is 6.42 Å². The first-order valence-electron chi connectivity index (χ1n) is 4.33. The summed E-state index contributed by atoms with van der Waals surface area (Å²) in [5.74, 6) is 0. The van der Waals surface area contributed by atoms with E-state index in [1.165, 1.54) is 0 Å². The van der Waals surface area contributed by atoms with Crippen molar-refractivity contribution in [2.75, 3.05) is 6.54 Å². The standard InChI is InChI=1S/C9H10N4O/c10-4-3-8-9(13-14-12-8)7-2-1-5-11-6-7/h1-2,5-6H,3-4,10H2. The Morgan fingerprint density at radius 1 is 1.36 bits per heavy atom. The second-order valence-corrected chi connectivity index (χ2v) is 2.84. The molecule has 14 heavy (non-hydrogen) atoms. The van der Waals surface area contributed by atoms with Gasteiger partial charge in [-0.25, -0.2) is 4.63 Å². The van der Waals surface area contributed by atoms with Gasteiger partial charge in [0.15, 0.2) is 0 Å². The Kier molecular flexibility index (Phi) is 2.51. The Labute approximate surface area is 80.9 Å². The topological polar surface area (TPSA) is 77.8 Å². The van der Waals surface area contributed by atoms with Gasteiger partial charge in [-0.15, -0.1) is 0 Å². The molecule has 2 rings (SSSR count). The SMILES string of the molecule is NCCc1nonc1-c1cccnc1. The van der Waals surface area contributed by atoms with Crippen molar-refractivity contribution in [2.24, 2.45) is 5.73 Å². The molecule has 0 amide bonds. The minimum Gasteiger partial charge on any atom is -0.330 e. The molecule has 0 aromatic carbocycles. The fraction of sp³-hybridized carbons (Fsp3) is 0.222. The van der Waals surface area contributed by atoms with Gasteiger partial charge >= 0.3 is 0 Å². The lowest BCUT2D eigenvalue weighted by atomic mass is 10.1. The second kappa shape index (κ2) is 3.97. The zero-order valence-electron chi connectivity index (χ0n) is 7.55. The van der Waals surface area contributed by atoms with Crippen LogP contribution in [0.5, 0.6) is 0 Å². The molecule has 2 aromatic rings. The number of pyridine rings is 1. The minimum atomic E-state index is 0.529. The Hall–Kier alpha value is -1.75. The predicted octanol–water partition coefficient (Wildman–Crippen LogP) is 0.633. The summed E-state index contributed by atoms with van der Waals surface area (Å²) in [6, 6.07) is 3.75. The number of rotatable bonds is 3. The predicted molar refractivity (Wildman–Crippen MR) is 50.3 cm³/mol. The number of nitrogens with two attached hydrogens (primary N) is 1. The van der Waals surface area contributed by atoms with Gasteiger partial charge in [-0.3, -0.25) is 4.98 Å². The molecule has 2 N–H and O–H groups in total. The van der Waals surface area contributed by atoms with E-state index in [2.05, 4.69) is 19.9 Å². The van der Waals surface area contributed by atoms with Gasteiger partial charge < -0.3 is 5.73 Å². The van der Waals surface area contributed by atoms with Gasteiger partial charge in [0, 0.05) is 24.4 Å². The van der Waals surface area contributed by atoms with Crippen LogP contribution in [0.1, 0.15) is 5.69 Å². The van der Waals surface area contributed by atoms with E-state index in [1.54, 1.807) is 12.4 Å². The molecule has 0 spiro atoms. The van der Waals surface area contributed by atoms with Crippen molar-refractivity contribution in [1.29, 1.82) is 0 Å². The Balaban J connectivity index is 2.37. The molecular weight excluding hydrogens is 180 g/mol. The largest absolute Gasteiger partial charge is 0.330 e. The fourth-order valence-corrected chi connectivity index (χ4v) is 1.23. The summed E-state index contributed by atoms with van der Waals surface area (Å²) in [6.07, 6.45) is 4.09. The number of hydrogen-bond donors (Lipinski definition) is 1. The Morgan fingerprint density at radius 2 is 2.29 bits per heavy atom. The van der Waals surface area contributed by atoms with E-state index in [-0.39, 0.29) is 0 Å². The molecule has 5 heteroatoms. The van der Waals surface area contributed by atoms with Crippen molar-refractivity contribution in [1.82, 2.24) is 15.3 Å². The van der Waals surface area contributed by atoms with Crippen LogP contribution < -0.4 is 5.73 Å². The first-order chi connectivity index (χ1) is 6.92. The number of hydrogen-bond acceptors (Lipinski definition) is 5. The molecular formula is C9H10N4O. The molecule has 0 aliphatic carbocycles. The zero-order valence-corrected chi connectivity index (χ0v) is 7.55. The van der Waals surface area contributed by atoms with Gasteiger partial charge in [0.05, 0.1) is 0 Å². The van der Waals surface area contributed by atoms with Crippen molar-refractivity contribution in [3.05, 3.63) is 30.2 Å². The first-order valence-corrected chi connectivity index (χ1v) is 4.33. The molecule has 0 unspecified atom stereocenters. The van der Waals surface area contributed by atoms with Gasteiger partial charge in [0.25, 0.3) is 0 Å². The molecule has 0 bridgehead atoms. The van der Waals surface area contributed by atoms with Crippen molar-refractivity contribution in [2.45, 2.75) is 6.42 Å². The highest BCUT2D eigenvalue weighted by molar-refractivity contribution is 5.59. The molecule has 0 aliphatic heterocycles. The summed E-state index contributed by atoms with van der Waals surface area (Å²) in [6.45, 7) is 0.529. The Morgan fingerprint density at radius 3 is 3.00 bits per heavy atom. The van der Waals surface area contributed by atoms with E-state index in [9.17, 15) is 0 Å². The molecule has 0 saturated carbocycles. The Bertz CT molecular complexity index is 398. The number of aromatic nitrogens is 3. The van der Waals surface area contributed by atoms with Gasteiger partial charge in [0.2, 0.25) is 0 Å². The van der Waals surface area contributed by atoms with Crippen LogP contribution in [0.2, 0.25) is 0 Å². The molecule has 0 aliphatic rings. The van der Waals surface area contributed by atoms with Crippen molar-refractivity contribution in [3.63, 3.8) is 0 Å². The first kappa shape index (κ1) is 8.83. The van der Waals surface area contributed by atoms with Crippen LogP contribution in [0, 0.1) is 0 Å². The molecule has 2 heterocycles. The zero-order chi connectivity index (χ0) is 9.80. The third-order valence-electron chi connectivity index (χ3n) is 1.87. The molecule has 72 valence electrons. The third-order valence-corrected chi connectivity index (χ3v) is 1.87. The molecule has 5 nitrogen and oxygen atoms in total. The molecule has 0 atom stereocenters. The average Bonchev–Trinajstić information content (AvgIpc) is 2.68.